The Morgan fingerprint density at radius 3 is 1.78 bits per heavy atom. The van der Waals surface area contributed by atoms with E-state index in [9.17, 15) is 14.4 Å². The molecule has 3 atom stereocenters. The third-order valence-corrected chi connectivity index (χ3v) is 7.72. The molecule has 0 saturated carbocycles. The van der Waals surface area contributed by atoms with Crippen LogP contribution >= 0.6 is 34.8 Å². The van der Waals surface area contributed by atoms with Crippen LogP contribution in [0.4, 0.5) is 0 Å². The van der Waals surface area contributed by atoms with Crippen LogP contribution in [0.5, 0.6) is 0 Å². The van der Waals surface area contributed by atoms with Gasteiger partial charge in [0.1, 0.15) is 6.04 Å². The fourth-order valence-corrected chi connectivity index (χ4v) is 5.72. The standard InChI is InChI=1S/C27H21Cl3N2O4/c1-36-26(35)23-21-22(25(34)32(24(21)33)14-15-2-8-18(28)9-3-15)27(31-23,16-4-10-19(29)11-5-16)17-6-12-20(30)13-7-17/h2-13,21-23,31H,14H2,1H3/t21-,22-,23+/m0/s1. The van der Waals surface area contributed by atoms with Gasteiger partial charge in [-0.15, -0.1) is 0 Å². The highest BCUT2D eigenvalue weighted by Crippen LogP contribution is 2.52. The summed E-state index contributed by atoms with van der Waals surface area (Å²) >= 11 is 18.3. The van der Waals surface area contributed by atoms with Crippen molar-refractivity contribution in [2.24, 2.45) is 11.8 Å². The van der Waals surface area contributed by atoms with Crippen molar-refractivity contribution in [2.45, 2.75) is 18.1 Å². The summed E-state index contributed by atoms with van der Waals surface area (Å²) in [7, 11) is 1.26. The number of halogens is 3. The second-order valence-electron chi connectivity index (χ2n) is 8.86. The minimum Gasteiger partial charge on any atom is -0.468 e. The number of fused-ring (bicyclic) bond motifs is 1. The van der Waals surface area contributed by atoms with Crippen LogP contribution in [-0.4, -0.2) is 35.8 Å². The average Bonchev–Trinajstić information content (AvgIpc) is 3.36. The molecule has 2 saturated heterocycles. The maximum atomic E-state index is 14.1. The lowest BCUT2D eigenvalue weighted by molar-refractivity contribution is -0.148. The first-order chi connectivity index (χ1) is 17.3. The number of carbonyl (C=O) groups is 3. The highest BCUT2D eigenvalue weighted by Gasteiger charge is 2.68. The average molecular weight is 544 g/mol. The van der Waals surface area contributed by atoms with Gasteiger partial charge in [-0.05, 0) is 53.1 Å². The lowest BCUT2D eigenvalue weighted by atomic mass is 9.72. The molecule has 1 N–H and O–H groups in total. The van der Waals surface area contributed by atoms with Gasteiger partial charge in [0.2, 0.25) is 11.8 Å². The third kappa shape index (κ3) is 3.98. The Morgan fingerprint density at radius 2 is 1.31 bits per heavy atom. The van der Waals surface area contributed by atoms with Gasteiger partial charge in [-0.3, -0.25) is 24.6 Å². The first-order valence-corrected chi connectivity index (χ1v) is 12.4. The number of benzene rings is 3. The van der Waals surface area contributed by atoms with Crippen LogP contribution in [0.25, 0.3) is 0 Å². The van der Waals surface area contributed by atoms with Crippen molar-refractivity contribution in [3.8, 4) is 0 Å². The summed E-state index contributed by atoms with van der Waals surface area (Å²) in [5, 5.41) is 4.92. The summed E-state index contributed by atoms with van der Waals surface area (Å²) in [4.78, 5) is 42.0. The van der Waals surface area contributed by atoms with E-state index in [-0.39, 0.29) is 12.5 Å². The zero-order chi connectivity index (χ0) is 25.6. The quantitative estimate of drug-likeness (QED) is 0.368. The molecule has 184 valence electrons. The zero-order valence-electron chi connectivity index (χ0n) is 19.1. The summed E-state index contributed by atoms with van der Waals surface area (Å²) in [6, 6.07) is 19.9. The van der Waals surface area contributed by atoms with E-state index in [4.69, 9.17) is 39.5 Å². The van der Waals surface area contributed by atoms with Crippen molar-refractivity contribution < 1.29 is 19.1 Å². The number of likely N-dealkylation sites (tertiary alicyclic amines) is 1. The van der Waals surface area contributed by atoms with Gasteiger partial charge < -0.3 is 4.74 Å². The maximum Gasteiger partial charge on any atom is 0.323 e. The van der Waals surface area contributed by atoms with Crippen molar-refractivity contribution in [1.29, 1.82) is 0 Å². The van der Waals surface area contributed by atoms with Gasteiger partial charge in [0, 0.05) is 15.1 Å². The van der Waals surface area contributed by atoms with E-state index in [1.807, 2.05) is 0 Å². The van der Waals surface area contributed by atoms with Crippen LogP contribution in [0.15, 0.2) is 72.8 Å². The summed E-state index contributed by atoms with van der Waals surface area (Å²) in [6.45, 7) is 0.0625. The number of hydrogen-bond acceptors (Lipinski definition) is 5. The molecular weight excluding hydrogens is 523 g/mol. The largest absolute Gasteiger partial charge is 0.468 e. The first kappa shape index (κ1) is 24.8. The van der Waals surface area contributed by atoms with Crippen molar-refractivity contribution in [3.05, 3.63) is 105 Å². The zero-order valence-corrected chi connectivity index (χ0v) is 21.3. The van der Waals surface area contributed by atoms with E-state index < -0.39 is 35.3 Å². The molecule has 2 aliphatic heterocycles. The number of nitrogens with one attached hydrogen (secondary N) is 1. The summed E-state index contributed by atoms with van der Waals surface area (Å²) < 4.78 is 5.06. The molecule has 6 nitrogen and oxygen atoms in total. The highest BCUT2D eigenvalue weighted by molar-refractivity contribution is 6.31. The Hall–Kier alpha value is -2.90. The predicted octanol–water partition coefficient (Wildman–Crippen LogP) is 4.84. The molecule has 2 heterocycles. The molecule has 36 heavy (non-hydrogen) atoms. The smallest absolute Gasteiger partial charge is 0.323 e. The van der Waals surface area contributed by atoms with E-state index in [0.717, 1.165) is 5.56 Å². The van der Waals surface area contributed by atoms with E-state index in [2.05, 4.69) is 5.32 Å². The monoisotopic (exact) mass is 542 g/mol. The Kier molecular flexibility index (Phi) is 6.55. The predicted molar refractivity (Wildman–Crippen MR) is 137 cm³/mol. The van der Waals surface area contributed by atoms with Crippen LogP contribution < -0.4 is 5.32 Å². The molecule has 0 bridgehead atoms. The number of methoxy groups -OCH3 is 1. The van der Waals surface area contributed by atoms with Crippen LogP contribution in [0, 0.1) is 11.8 Å². The summed E-state index contributed by atoms with van der Waals surface area (Å²) in [5.41, 5.74) is 0.905. The molecule has 2 amide bonds. The number of carbonyl (C=O) groups excluding carboxylic acids is 3. The minimum atomic E-state index is -1.21. The highest BCUT2D eigenvalue weighted by atomic mass is 35.5. The van der Waals surface area contributed by atoms with Gasteiger partial charge in [0.25, 0.3) is 0 Å². The lowest BCUT2D eigenvalue weighted by Crippen LogP contribution is -2.51. The van der Waals surface area contributed by atoms with Gasteiger partial charge >= 0.3 is 5.97 Å². The SMILES string of the molecule is COC(=O)[C@@H]1NC(c2ccc(Cl)cc2)(c2ccc(Cl)cc2)[C@@H]2C(=O)N(Cc3ccc(Cl)cc3)C(=O)[C@@H]21. The fraction of sp³-hybridized carbons (Fsp3) is 0.222. The first-order valence-electron chi connectivity index (χ1n) is 11.2. The lowest BCUT2D eigenvalue weighted by Gasteiger charge is -2.36. The van der Waals surface area contributed by atoms with Gasteiger partial charge in [-0.1, -0.05) is 71.2 Å². The Bertz CT molecular complexity index is 1280. The van der Waals surface area contributed by atoms with Crippen molar-refractivity contribution in [2.75, 3.05) is 7.11 Å². The number of esters is 1. The van der Waals surface area contributed by atoms with Crippen LogP contribution in [0.2, 0.25) is 15.1 Å². The van der Waals surface area contributed by atoms with E-state index in [1.54, 1.807) is 72.8 Å². The van der Waals surface area contributed by atoms with E-state index >= 15 is 0 Å². The molecular formula is C27H21Cl3N2O4. The van der Waals surface area contributed by atoms with Gasteiger partial charge in [0.15, 0.2) is 0 Å². The molecule has 3 aromatic carbocycles. The fourth-order valence-electron chi connectivity index (χ4n) is 5.35. The van der Waals surface area contributed by atoms with Crippen molar-refractivity contribution >= 4 is 52.6 Å². The molecule has 3 aromatic rings. The van der Waals surface area contributed by atoms with Gasteiger partial charge in [0.05, 0.1) is 31.0 Å². The number of hydrogen-bond donors (Lipinski definition) is 1. The molecule has 0 spiro atoms. The molecule has 0 aromatic heterocycles. The molecule has 5 rings (SSSR count). The van der Waals surface area contributed by atoms with Gasteiger partial charge in [-0.25, -0.2) is 0 Å². The number of rotatable bonds is 5. The normalized spacial score (nSPS) is 22.6. The second kappa shape index (κ2) is 9.52. The van der Waals surface area contributed by atoms with Crippen molar-refractivity contribution in [1.82, 2.24) is 10.2 Å². The van der Waals surface area contributed by atoms with Crippen molar-refractivity contribution in [3.63, 3.8) is 0 Å². The second-order valence-corrected chi connectivity index (χ2v) is 10.2. The molecule has 9 heteroatoms. The van der Waals surface area contributed by atoms with Gasteiger partial charge in [-0.2, -0.15) is 0 Å². The molecule has 0 unspecified atom stereocenters. The van der Waals surface area contributed by atoms with Crippen LogP contribution in [-0.2, 0) is 31.2 Å². The summed E-state index contributed by atoms with van der Waals surface area (Å²) in [5.74, 6) is -3.33. The maximum absolute atomic E-state index is 14.1. The molecule has 2 aliphatic rings. The third-order valence-electron chi connectivity index (χ3n) is 6.96. The molecule has 2 fully saturated rings. The summed E-state index contributed by atoms with van der Waals surface area (Å²) in [6.07, 6.45) is 0. The molecule has 0 radical (unpaired) electrons. The molecule has 0 aliphatic carbocycles. The van der Waals surface area contributed by atoms with Crippen LogP contribution in [0.3, 0.4) is 0 Å². The number of ether oxygens (including phenoxy) is 1. The van der Waals surface area contributed by atoms with Crippen LogP contribution in [0.1, 0.15) is 16.7 Å². The Morgan fingerprint density at radius 1 is 0.833 bits per heavy atom. The Labute approximate surface area is 223 Å². The minimum absolute atomic E-state index is 0.0625. The van der Waals surface area contributed by atoms with E-state index in [0.29, 0.717) is 26.2 Å². The Balaban J connectivity index is 1.68. The number of imide groups is 1. The van der Waals surface area contributed by atoms with E-state index in [1.165, 1.54) is 12.0 Å². The number of nitrogens with zero attached hydrogens (tertiary/aromatic N) is 1. The topological polar surface area (TPSA) is 75.7 Å². The number of amides is 2.